The summed E-state index contributed by atoms with van der Waals surface area (Å²) in [6.45, 7) is 0. The number of nitrogens with one attached hydrogen (secondary N) is 1. The molecule has 0 fully saturated rings. The smallest absolute Gasteiger partial charge is 0.216 e. The van der Waals surface area contributed by atoms with Crippen LogP contribution in [-0.4, -0.2) is 28.2 Å². The predicted molar refractivity (Wildman–Crippen MR) is 90.5 cm³/mol. The second kappa shape index (κ2) is 6.67. The Morgan fingerprint density at radius 3 is 2.86 bits per heavy atom. The van der Waals surface area contributed by atoms with E-state index in [0.717, 1.165) is 17.1 Å². The quantitative estimate of drug-likeness (QED) is 0.575. The van der Waals surface area contributed by atoms with Crippen molar-refractivity contribution in [3.63, 3.8) is 0 Å². The molecule has 22 heavy (non-hydrogen) atoms. The van der Waals surface area contributed by atoms with Crippen molar-refractivity contribution in [2.75, 3.05) is 7.11 Å². The molecule has 3 aromatic rings. The van der Waals surface area contributed by atoms with E-state index in [4.69, 9.17) is 17.0 Å². The van der Waals surface area contributed by atoms with Crippen LogP contribution >= 0.6 is 23.6 Å². The largest absolute Gasteiger partial charge is 0.497 e. The van der Waals surface area contributed by atoms with Gasteiger partial charge >= 0.3 is 0 Å². The Morgan fingerprint density at radius 1 is 1.36 bits per heavy atom. The van der Waals surface area contributed by atoms with Gasteiger partial charge in [0.05, 0.1) is 13.3 Å². The lowest BCUT2D eigenvalue weighted by Crippen LogP contribution is -1.99. The molecule has 0 atom stereocenters. The van der Waals surface area contributed by atoms with Crippen LogP contribution < -0.4 is 4.74 Å². The fourth-order valence-electron chi connectivity index (χ4n) is 1.94. The molecule has 2 heterocycles. The van der Waals surface area contributed by atoms with Gasteiger partial charge in [0, 0.05) is 11.3 Å². The summed E-state index contributed by atoms with van der Waals surface area (Å²) in [7, 11) is 1.64. The van der Waals surface area contributed by atoms with Crippen molar-refractivity contribution in [3.05, 3.63) is 62.8 Å². The standard InChI is InChI=1S/C15H14N4OS2/c1-20-12-6-4-11(5-7-12)10-16-19-14(17-18-15(19)21)9-13-3-2-8-22-13/h2-8,10H,9H2,1H3,(H,18,21)/b16-10-. The Hall–Kier alpha value is -2.25. The van der Waals surface area contributed by atoms with Crippen LogP contribution in [0.5, 0.6) is 5.75 Å². The van der Waals surface area contributed by atoms with Gasteiger partial charge in [-0.25, -0.2) is 0 Å². The van der Waals surface area contributed by atoms with Gasteiger partial charge in [-0.15, -0.1) is 11.3 Å². The minimum atomic E-state index is 0.483. The molecule has 0 amide bonds. The number of aromatic amines is 1. The molecule has 7 heteroatoms. The van der Waals surface area contributed by atoms with Crippen LogP contribution in [0.15, 0.2) is 46.9 Å². The maximum absolute atomic E-state index is 5.24. The van der Waals surface area contributed by atoms with Crippen molar-refractivity contribution in [2.24, 2.45) is 5.10 Å². The first-order chi connectivity index (χ1) is 10.8. The van der Waals surface area contributed by atoms with Crippen LogP contribution in [0.4, 0.5) is 0 Å². The van der Waals surface area contributed by atoms with E-state index >= 15 is 0 Å². The molecule has 0 bridgehead atoms. The predicted octanol–water partition coefficient (Wildman–Crippen LogP) is 3.48. The molecular formula is C15H14N4OS2. The average molecular weight is 330 g/mol. The number of hydrogen-bond donors (Lipinski definition) is 1. The van der Waals surface area contributed by atoms with Gasteiger partial charge in [0.1, 0.15) is 5.75 Å². The molecule has 0 saturated heterocycles. The zero-order valence-corrected chi connectivity index (χ0v) is 13.5. The lowest BCUT2D eigenvalue weighted by atomic mass is 10.2. The molecule has 3 rings (SSSR count). The molecule has 1 N–H and O–H groups in total. The fourth-order valence-corrected chi connectivity index (χ4v) is 2.84. The summed E-state index contributed by atoms with van der Waals surface area (Å²) in [5.41, 5.74) is 0.964. The third-order valence-corrected chi connectivity index (χ3v) is 4.21. The van der Waals surface area contributed by atoms with Gasteiger partial charge in [0.2, 0.25) is 4.77 Å². The minimum absolute atomic E-state index is 0.483. The number of aromatic nitrogens is 3. The number of rotatable bonds is 5. The Bertz CT molecular complexity index is 816. The van der Waals surface area contributed by atoms with E-state index in [1.165, 1.54) is 4.88 Å². The molecule has 112 valence electrons. The highest BCUT2D eigenvalue weighted by Crippen LogP contribution is 2.14. The van der Waals surface area contributed by atoms with Crippen molar-refractivity contribution < 1.29 is 4.74 Å². The molecule has 1 aromatic carbocycles. The van der Waals surface area contributed by atoms with Crippen LogP contribution in [0.1, 0.15) is 16.3 Å². The summed E-state index contributed by atoms with van der Waals surface area (Å²) in [4.78, 5) is 1.22. The summed E-state index contributed by atoms with van der Waals surface area (Å²) >= 11 is 6.93. The zero-order chi connectivity index (χ0) is 15.4. The molecule has 0 aliphatic heterocycles. The van der Waals surface area contributed by atoms with Crippen LogP contribution in [0, 0.1) is 4.77 Å². The summed E-state index contributed by atoms with van der Waals surface area (Å²) in [6.07, 6.45) is 2.45. The van der Waals surface area contributed by atoms with E-state index in [1.54, 1.807) is 29.3 Å². The summed E-state index contributed by atoms with van der Waals surface area (Å²) < 4.78 is 7.27. The van der Waals surface area contributed by atoms with Gasteiger partial charge in [0.25, 0.3) is 0 Å². The SMILES string of the molecule is COc1ccc(/C=N\n2c(Cc3cccs3)n[nH]c2=S)cc1. The van der Waals surface area contributed by atoms with E-state index in [9.17, 15) is 0 Å². The number of ether oxygens (including phenoxy) is 1. The first-order valence-electron chi connectivity index (χ1n) is 6.63. The number of hydrogen-bond acceptors (Lipinski definition) is 5. The average Bonchev–Trinajstić information content (AvgIpc) is 3.17. The topological polar surface area (TPSA) is 55.2 Å². The van der Waals surface area contributed by atoms with Gasteiger partial charge in [-0.05, 0) is 53.5 Å². The van der Waals surface area contributed by atoms with Crippen molar-refractivity contribution in [3.8, 4) is 5.75 Å². The van der Waals surface area contributed by atoms with E-state index < -0.39 is 0 Å². The lowest BCUT2D eigenvalue weighted by molar-refractivity contribution is 0.415. The lowest BCUT2D eigenvalue weighted by Gasteiger charge is -2.00. The van der Waals surface area contributed by atoms with Crippen LogP contribution in [0.3, 0.4) is 0 Å². The molecular weight excluding hydrogens is 316 g/mol. The zero-order valence-electron chi connectivity index (χ0n) is 11.9. The number of H-pyrrole nitrogens is 1. The highest BCUT2D eigenvalue weighted by molar-refractivity contribution is 7.71. The van der Waals surface area contributed by atoms with Crippen LogP contribution in [-0.2, 0) is 6.42 Å². The fraction of sp³-hybridized carbons (Fsp3) is 0.133. The first kappa shape index (κ1) is 14.7. The van der Waals surface area contributed by atoms with Crippen molar-refractivity contribution in [1.29, 1.82) is 0 Å². The molecule has 0 saturated carbocycles. The molecule has 2 aromatic heterocycles. The molecule has 0 unspecified atom stereocenters. The second-order valence-corrected chi connectivity index (χ2v) is 5.95. The first-order valence-corrected chi connectivity index (χ1v) is 7.92. The van der Waals surface area contributed by atoms with E-state index in [-0.39, 0.29) is 0 Å². The van der Waals surface area contributed by atoms with Gasteiger partial charge in [-0.1, -0.05) is 6.07 Å². The summed E-state index contributed by atoms with van der Waals surface area (Å²) in [6, 6.07) is 11.7. The minimum Gasteiger partial charge on any atom is -0.497 e. The third kappa shape index (κ3) is 3.32. The summed E-state index contributed by atoms with van der Waals surface area (Å²) in [5.74, 6) is 1.60. The molecule has 0 spiro atoms. The van der Waals surface area contributed by atoms with Gasteiger partial charge < -0.3 is 4.74 Å². The summed E-state index contributed by atoms with van der Waals surface area (Å²) in [5, 5.41) is 13.5. The molecule has 0 aliphatic carbocycles. The van der Waals surface area contributed by atoms with Crippen LogP contribution in [0.25, 0.3) is 0 Å². The van der Waals surface area contributed by atoms with E-state index in [1.807, 2.05) is 35.7 Å². The number of benzene rings is 1. The highest BCUT2D eigenvalue weighted by atomic mass is 32.1. The van der Waals surface area contributed by atoms with Crippen molar-refractivity contribution >= 4 is 29.8 Å². The van der Waals surface area contributed by atoms with Gasteiger partial charge in [0.15, 0.2) is 5.82 Å². The highest BCUT2D eigenvalue weighted by Gasteiger charge is 2.06. The normalized spacial score (nSPS) is 11.1. The number of thiophene rings is 1. The Labute approximate surface area is 136 Å². The molecule has 0 radical (unpaired) electrons. The monoisotopic (exact) mass is 330 g/mol. The van der Waals surface area contributed by atoms with Gasteiger partial charge in [-0.2, -0.15) is 14.9 Å². The number of methoxy groups -OCH3 is 1. The van der Waals surface area contributed by atoms with Crippen molar-refractivity contribution in [1.82, 2.24) is 14.9 Å². The molecule has 5 nitrogen and oxygen atoms in total. The van der Waals surface area contributed by atoms with E-state index in [2.05, 4.69) is 21.4 Å². The van der Waals surface area contributed by atoms with Crippen molar-refractivity contribution in [2.45, 2.75) is 6.42 Å². The maximum atomic E-state index is 5.24. The van der Waals surface area contributed by atoms with Gasteiger partial charge in [-0.3, -0.25) is 5.10 Å². The Balaban J connectivity index is 1.83. The molecule has 0 aliphatic rings. The van der Waals surface area contributed by atoms with E-state index in [0.29, 0.717) is 11.2 Å². The second-order valence-electron chi connectivity index (χ2n) is 4.53. The maximum Gasteiger partial charge on any atom is 0.216 e. The Morgan fingerprint density at radius 2 is 2.18 bits per heavy atom. The van der Waals surface area contributed by atoms with Crippen LogP contribution in [0.2, 0.25) is 0 Å². The number of nitrogens with zero attached hydrogens (tertiary/aromatic N) is 3. The third-order valence-electron chi connectivity index (χ3n) is 3.07. The Kier molecular flexibility index (Phi) is 4.45.